The molecule has 0 radical (unpaired) electrons. The summed E-state index contributed by atoms with van der Waals surface area (Å²) in [7, 11) is 1.38. The number of rotatable bonds is 7. The van der Waals surface area contributed by atoms with Crippen LogP contribution in [-0.4, -0.2) is 32.5 Å². The Morgan fingerprint density at radius 1 is 0.625 bits per heavy atom. The first-order valence-corrected chi connectivity index (χ1v) is 11.4. The number of hydrogen-bond donors (Lipinski definition) is 0. The highest BCUT2D eigenvalue weighted by Crippen LogP contribution is 2.51. The number of methoxy groups -OCH3 is 1. The molecule has 0 saturated carbocycles. The van der Waals surface area contributed by atoms with Crippen LogP contribution in [0.4, 0.5) is 28.4 Å². The first-order chi connectivity index (χ1) is 19.1. The molecule has 1 aliphatic rings. The third kappa shape index (κ3) is 4.24. The van der Waals surface area contributed by atoms with Crippen molar-refractivity contribution >= 4 is 34.1 Å². The third-order valence-electron chi connectivity index (χ3n) is 6.30. The highest BCUT2D eigenvalue weighted by atomic mass is 16.6. The lowest BCUT2D eigenvalue weighted by Gasteiger charge is -2.10. The van der Waals surface area contributed by atoms with Crippen LogP contribution in [0.2, 0.25) is 0 Å². The molecule has 0 bridgehead atoms. The summed E-state index contributed by atoms with van der Waals surface area (Å²) in [5.74, 6) is 0.252. The number of hydrogen-bond acceptors (Lipinski definition) is 10. The van der Waals surface area contributed by atoms with Gasteiger partial charge in [-0.2, -0.15) is 0 Å². The maximum Gasteiger partial charge on any atom is 0.285 e. The fraction of sp³-hybridized carbons (Fsp3) is 0.0385. The molecule has 4 aromatic rings. The molecule has 14 nitrogen and oxygen atoms in total. The summed E-state index contributed by atoms with van der Waals surface area (Å²) in [5, 5.41) is 47.3. The second-order valence-corrected chi connectivity index (χ2v) is 8.52. The van der Waals surface area contributed by atoms with Crippen molar-refractivity contribution in [1.82, 2.24) is 0 Å². The number of nitro groups is 4. The van der Waals surface area contributed by atoms with Crippen LogP contribution < -0.4 is 4.74 Å². The standard InChI is InChI=1S/C26H15N5O9/c1-40-23-8-7-15(14-5-3-2-4-6-14)9-20(23)27-26-18-10-16(28(32)33)12-21(30(36)37)24(18)25-19(26)11-17(29(34)35)13-22(25)31(38)39/h2-13H,1H3. The van der Waals surface area contributed by atoms with E-state index in [1.807, 2.05) is 30.3 Å². The highest BCUT2D eigenvalue weighted by molar-refractivity contribution is 6.28. The summed E-state index contributed by atoms with van der Waals surface area (Å²) in [6.07, 6.45) is 0. The average molecular weight is 541 g/mol. The predicted molar refractivity (Wildman–Crippen MR) is 142 cm³/mol. The summed E-state index contributed by atoms with van der Waals surface area (Å²) in [4.78, 5) is 48.5. The lowest BCUT2D eigenvalue weighted by molar-refractivity contribution is -0.395. The van der Waals surface area contributed by atoms with E-state index < -0.39 is 42.4 Å². The van der Waals surface area contributed by atoms with E-state index in [-0.39, 0.29) is 39.4 Å². The summed E-state index contributed by atoms with van der Waals surface area (Å²) < 4.78 is 5.43. The van der Waals surface area contributed by atoms with E-state index in [9.17, 15) is 40.5 Å². The number of nitrogens with zero attached hydrogens (tertiary/aromatic N) is 5. The lowest BCUT2D eigenvalue weighted by Crippen LogP contribution is -2.02. The number of benzene rings is 4. The number of fused-ring (bicyclic) bond motifs is 3. The van der Waals surface area contributed by atoms with Crippen molar-refractivity contribution in [2.75, 3.05) is 7.11 Å². The van der Waals surface area contributed by atoms with Gasteiger partial charge in [-0.25, -0.2) is 4.99 Å². The topological polar surface area (TPSA) is 194 Å². The highest BCUT2D eigenvalue weighted by Gasteiger charge is 2.41. The van der Waals surface area contributed by atoms with Gasteiger partial charge in [-0.15, -0.1) is 0 Å². The maximum absolute atomic E-state index is 12.0. The molecule has 14 heteroatoms. The minimum absolute atomic E-state index is 0.160. The van der Waals surface area contributed by atoms with Gasteiger partial charge in [-0.3, -0.25) is 40.5 Å². The summed E-state index contributed by atoms with van der Waals surface area (Å²) in [6.45, 7) is 0. The van der Waals surface area contributed by atoms with Crippen molar-refractivity contribution in [3.8, 4) is 28.0 Å². The fourth-order valence-corrected chi connectivity index (χ4v) is 4.60. The van der Waals surface area contributed by atoms with Crippen molar-refractivity contribution < 1.29 is 24.4 Å². The van der Waals surface area contributed by atoms with E-state index >= 15 is 0 Å². The van der Waals surface area contributed by atoms with E-state index in [4.69, 9.17) is 4.74 Å². The first-order valence-electron chi connectivity index (χ1n) is 11.4. The van der Waals surface area contributed by atoms with Gasteiger partial charge in [0.25, 0.3) is 22.7 Å². The number of non-ortho nitro benzene ring substituents is 2. The lowest BCUT2D eigenvalue weighted by atomic mass is 10.0. The second-order valence-electron chi connectivity index (χ2n) is 8.52. The van der Waals surface area contributed by atoms with Gasteiger partial charge in [0.2, 0.25) is 0 Å². The smallest absolute Gasteiger partial charge is 0.285 e. The zero-order valence-corrected chi connectivity index (χ0v) is 20.3. The van der Waals surface area contributed by atoms with Crippen molar-refractivity contribution in [3.05, 3.63) is 124 Å². The quantitative estimate of drug-likeness (QED) is 0.172. The molecule has 0 unspecified atom stereocenters. The molecule has 4 aromatic carbocycles. The Morgan fingerprint density at radius 2 is 1.15 bits per heavy atom. The molecule has 0 fully saturated rings. The molecule has 40 heavy (non-hydrogen) atoms. The summed E-state index contributed by atoms with van der Waals surface area (Å²) in [6, 6.07) is 17.6. The van der Waals surface area contributed by atoms with Gasteiger partial charge in [0.05, 0.1) is 55.8 Å². The minimum Gasteiger partial charge on any atom is -0.494 e. The molecular weight excluding hydrogens is 526 g/mol. The van der Waals surface area contributed by atoms with E-state index in [0.29, 0.717) is 17.7 Å². The number of nitro benzene ring substituents is 4. The van der Waals surface area contributed by atoms with Crippen molar-refractivity contribution in [3.63, 3.8) is 0 Å². The molecule has 0 aliphatic heterocycles. The monoisotopic (exact) mass is 541 g/mol. The molecule has 0 atom stereocenters. The van der Waals surface area contributed by atoms with Crippen molar-refractivity contribution in [2.45, 2.75) is 0 Å². The summed E-state index contributed by atoms with van der Waals surface area (Å²) >= 11 is 0. The van der Waals surface area contributed by atoms with Crippen LogP contribution in [0.1, 0.15) is 11.1 Å². The molecule has 0 saturated heterocycles. The zero-order valence-electron chi connectivity index (χ0n) is 20.3. The third-order valence-corrected chi connectivity index (χ3v) is 6.30. The van der Waals surface area contributed by atoms with E-state index in [1.165, 1.54) is 7.11 Å². The van der Waals surface area contributed by atoms with Gasteiger partial charge < -0.3 is 4.74 Å². The van der Waals surface area contributed by atoms with Crippen LogP contribution in [0.25, 0.3) is 22.3 Å². The second kappa shape index (κ2) is 9.68. The molecule has 0 aromatic heterocycles. The Bertz CT molecular complexity index is 1720. The fourth-order valence-electron chi connectivity index (χ4n) is 4.60. The Labute approximate surface area is 223 Å². The van der Waals surface area contributed by atoms with Crippen LogP contribution in [0.15, 0.2) is 77.8 Å². The zero-order chi connectivity index (χ0) is 28.7. The van der Waals surface area contributed by atoms with Crippen molar-refractivity contribution in [1.29, 1.82) is 0 Å². The van der Waals surface area contributed by atoms with Gasteiger partial charge in [-0.1, -0.05) is 36.4 Å². The average Bonchev–Trinajstić information content (AvgIpc) is 3.25. The van der Waals surface area contributed by atoms with E-state index in [2.05, 4.69) is 4.99 Å². The van der Waals surface area contributed by atoms with Crippen LogP contribution >= 0.6 is 0 Å². The molecule has 1 aliphatic carbocycles. The maximum atomic E-state index is 12.0. The van der Waals surface area contributed by atoms with Crippen molar-refractivity contribution in [2.24, 2.45) is 4.99 Å². The Morgan fingerprint density at radius 3 is 1.60 bits per heavy atom. The molecule has 5 rings (SSSR count). The van der Waals surface area contributed by atoms with Gasteiger partial charge in [0, 0.05) is 23.3 Å². The predicted octanol–water partition coefficient (Wildman–Crippen LogP) is 6.14. The molecule has 0 N–H and O–H groups in total. The number of aliphatic imine (C=N–C) groups is 1. The van der Waals surface area contributed by atoms with Crippen LogP contribution in [0, 0.1) is 40.5 Å². The van der Waals surface area contributed by atoms with E-state index in [0.717, 1.165) is 17.7 Å². The molecular formula is C26H15N5O9. The van der Waals surface area contributed by atoms with E-state index in [1.54, 1.807) is 18.2 Å². The Hall–Kier alpha value is -6.05. The molecule has 0 amide bonds. The van der Waals surface area contributed by atoms with Gasteiger partial charge >= 0.3 is 0 Å². The molecule has 0 spiro atoms. The van der Waals surface area contributed by atoms with Gasteiger partial charge in [0.15, 0.2) is 0 Å². The molecule has 198 valence electrons. The molecule has 0 heterocycles. The van der Waals surface area contributed by atoms with Crippen LogP contribution in [-0.2, 0) is 0 Å². The largest absolute Gasteiger partial charge is 0.494 e. The van der Waals surface area contributed by atoms with Crippen LogP contribution in [0.5, 0.6) is 5.75 Å². The Kier molecular flexibility index (Phi) is 6.19. The summed E-state index contributed by atoms with van der Waals surface area (Å²) in [5.41, 5.74) is -2.26. The Balaban J connectivity index is 1.91. The normalized spacial score (nSPS) is 11.4. The minimum atomic E-state index is -0.902. The first kappa shape index (κ1) is 25.6. The number of ether oxygens (including phenoxy) is 1. The van der Waals surface area contributed by atoms with Gasteiger partial charge in [0.1, 0.15) is 11.4 Å². The SMILES string of the molecule is COc1ccc(-c2ccccc2)cc1N=C1c2cc([N+](=O)[O-])cc([N+](=O)[O-])c2-c2c1cc([N+](=O)[O-])cc2[N+](=O)[O-]. The van der Waals surface area contributed by atoms with Gasteiger partial charge in [-0.05, 0) is 23.3 Å². The van der Waals surface area contributed by atoms with Crippen LogP contribution in [0.3, 0.4) is 0 Å².